The second-order valence-corrected chi connectivity index (χ2v) is 3.49. The minimum atomic E-state index is -0.245. The van der Waals surface area contributed by atoms with Crippen LogP contribution in [0.4, 0.5) is 0 Å². The third-order valence-electron chi connectivity index (χ3n) is 2.22. The summed E-state index contributed by atoms with van der Waals surface area (Å²) in [6.07, 6.45) is 1.81. The minimum absolute atomic E-state index is 0.245. The van der Waals surface area contributed by atoms with Crippen LogP contribution in [0.2, 0.25) is 0 Å². The number of ether oxygens (including phenoxy) is 1. The van der Waals surface area contributed by atoms with Gasteiger partial charge in [-0.3, -0.25) is 4.98 Å². The average molecular weight is 177 g/mol. The summed E-state index contributed by atoms with van der Waals surface area (Å²) in [5, 5.41) is 0. The summed E-state index contributed by atoms with van der Waals surface area (Å²) in [5.41, 5.74) is 2.47. The summed E-state index contributed by atoms with van der Waals surface area (Å²) in [6.45, 7) is 4.47. The molecule has 3 nitrogen and oxygen atoms in total. The second-order valence-electron chi connectivity index (χ2n) is 3.49. The Morgan fingerprint density at radius 2 is 2.31 bits per heavy atom. The molecular formula is C10H11NO2. The van der Waals surface area contributed by atoms with E-state index in [9.17, 15) is 4.79 Å². The normalized spacial score (nSPS) is 14.5. The number of hydrogen-bond donors (Lipinski definition) is 0. The van der Waals surface area contributed by atoms with Crippen molar-refractivity contribution in [2.75, 3.05) is 0 Å². The lowest BCUT2D eigenvalue weighted by atomic mass is 10.0. The van der Waals surface area contributed by atoms with Crippen LogP contribution in [0.5, 0.6) is 0 Å². The summed E-state index contributed by atoms with van der Waals surface area (Å²) in [5.74, 6) is 0.149. The van der Waals surface area contributed by atoms with E-state index in [1.165, 1.54) is 0 Å². The molecule has 1 aromatic heterocycles. The molecule has 0 aliphatic carbocycles. The van der Waals surface area contributed by atoms with Gasteiger partial charge in [0.2, 0.25) is 0 Å². The molecule has 0 bridgehead atoms. The molecule has 1 aliphatic heterocycles. The molecule has 0 unspecified atom stereocenters. The molecule has 13 heavy (non-hydrogen) atoms. The van der Waals surface area contributed by atoms with E-state index in [0.717, 1.165) is 11.3 Å². The highest BCUT2D eigenvalue weighted by molar-refractivity contribution is 5.92. The van der Waals surface area contributed by atoms with Crippen LogP contribution in [0.3, 0.4) is 0 Å². The Balaban J connectivity index is 2.48. The molecule has 2 rings (SSSR count). The molecule has 0 fully saturated rings. The van der Waals surface area contributed by atoms with Crippen LogP contribution < -0.4 is 0 Å². The van der Waals surface area contributed by atoms with Gasteiger partial charge in [0.25, 0.3) is 0 Å². The van der Waals surface area contributed by atoms with E-state index in [1.807, 2.05) is 12.3 Å². The first-order chi connectivity index (χ1) is 6.18. The zero-order valence-electron chi connectivity index (χ0n) is 7.70. The summed E-state index contributed by atoms with van der Waals surface area (Å²) < 4.78 is 4.86. The SMILES string of the molecule is CC(C)c1cnc2c(c1)C(=O)OC2. The highest BCUT2D eigenvalue weighted by atomic mass is 16.5. The van der Waals surface area contributed by atoms with E-state index in [0.29, 0.717) is 18.1 Å². The monoisotopic (exact) mass is 177 g/mol. The van der Waals surface area contributed by atoms with Crippen LogP contribution in [0, 0.1) is 0 Å². The number of cyclic esters (lactones) is 1. The molecule has 0 N–H and O–H groups in total. The molecule has 0 spiro atoms. The molecule has 0 saturated carbocycles. The van der Waals surface area contributed by atoms with Gasteiger partial charge in [0, 0.05) is 6.20 Å². The molecule has 68 valence electrons. The lowest BCUT2D eigenvalue weighted by molar-refractivity contribution is 0.0533. The first kappa shape index (κ1) is 8.23. The van der Waals surface area contributed by atoms with Crippen molar-refractivity contribution in [2.45, 2.75) is 26.4 Å². The highest BCUT2D eigenvalue weighted by Crippen LogP contribution is 2.22. The van der Waals surface area contributed by atoms with Crippen LogP contribution in [0.25, 0.3) is 0 Å². The van der Waals surface area contributed by atoms with Crippen molar-refractivity contribution in [3.05, 3.63) is 29.1 Å². The highest BCUT2D eigenvalue weighted by Gasteiger charge is 2.22. The minimum Gasteiger partial charge on any atom is -0.456 e. The summed E-state index contributed by atoms with van der Waals surface area (Å²) in [6, 6.07) is 1.88. The number of carbonyl (C=O) groups excluding carboxylic acids is 1. The van der Waals surface area contributed by atoms with Crippen molar-refractivity contribution in [3.8, 4) is 0 Å². The summed E-state index contributed by atoms with van der Waals surface area (Å²) in [7, 11) is 0. The number of hydrogen-bond acceptors (Lipinski definition) is 3. The lowest BCUT2D eigenvalue weighted by Crippen LogP contribution is -1.98. The third kappa shape index (κ3) is 1.30. The van der Waals surface area contributed by atoms with Crippen LogP contribution in [-0.2, 0) is 11.3 Å². The van der Waals surface area contributed by atoms with Gasteiger partial charge in [-0.2, -0.15) is 0 Å². The second kappa shape index (κ2) is 2.83. The van der Waals surface area contributed by atoms with Crippen molar-refractivity contribution in [1.29, 1.82) is 0 Å². The molecule has 0 saturated heterocycles. The molecule has 1 aliphatic rings. The van der Waals surface area contributed by atoms with Crippen LogP contribution in [0.1, 0.15) is 41.4 Å². The Labute approximate surface area is 76.7 Å². The van der Waals surface area contributed by atoms with E-state index in [2.05, 4.69) is 18.8 Å². The van der Waals surface area contributed by atoms with E-state index in [1.54, 1.807) is 0 Å². The Morgan fingerprint density at radius 3 is 3.00 bits per heavy atom. The molecular weight excluding hydrogens is 166 g/mol. The van der Waals surface area contributed by atoms with Gasteiger partial charge in [0.05, 0.1) is 11.3 Å². The number of rotatable bonds is 1. The van der Waals surface area contributed by atoms with Gasteiger partial charge in [-0.25, -0.2) is 4.79 Å². The van der Waals surface area contributed by atoms with Crippen molar-refractivity contribution >= 4 is 5.97 Å². The van der Waals surface area contributed by atoms with Crippen LogP contribution >= 0.6 is 0 Å². The molecule has 0 atom stereocenters. The van der Waals surface area contributed by atoms with E-state index in [-0.39, 0.29) is 5.97 Å². The van der Waals surface area contributed by atoms with Crippen molar-refractivity contribution in [1.82, 2.24) is 4.98 Å². The Kier molecular flexibility index (Phi) is 1.79. The standard InChI is InChI=1S/C10H11NO2/c1-6(2)7-3-8-9(11-4-7)5-13-10(8)12/h3-4,6H,5H2,1-2H3. The van der Waals surface area contributed by atoms with E-state index in [4.69, 9.17) is 4.74 Å². The Hall–Kier alpha value is -1.38. The van der Waals surface area contributed by atoms with Crippen molar-refractivity contribution in [2.24, 2.45) is 0 Å². The summed E-state index contributed by atoms with van der Waals surface area (Å²) in [4.78, 5) is 15.4. The fraction of sp³-hybridized carbons (Fsp3) is 0.400. The number of fused-ring (bicyclic) bond motifs is 1. The van der Waals surface area contributed by atoms with Gasteiger partial charge in [0.1, 0.15) is 6.61 Å². The average Bonchev–Trinajstić information content (AvgIpc) is 2.47. The fourth-order valence-electron chi connectivity index (χ4n) is 1.33. The number of nitrogens with zero attached hydrogens (tertiary/aromatic N) is 1. The molecule has 2 heterocycles. The first-order valence-corrected chi connectivity index (χ1v) is 4.34. The molecule has 0 aromatic carbocycles. The summed E-state index contributed by atoms with van der Waals surface area (Å²) >= 11 is 0. The van der Waals surface area contributed by atoms with Gasteiger partial charge in [-0.05, 0) is 17.5 Å². The van der Waals surface area contributed by atoms with Crippen LogP contribution in [-0.4, -0.2) is 11.0 Å². The zero-order valence-corrected chi connectivity index (χ0v) is 7.70. The predicted molar refractivity (Wildman–Crippen MR) is 47.4 cm³/mol. The quantitative estimate of drug-likeness (QED) is 0.615. The largest absolute Gasteiger partial charge is 0.456 e. The lowest BCUT2D eigenvalue weighted by Gasteiger charge is -2.04. The maximum atomic E-state index is 11.2. The van der Waals surface area contributed by atoms with Gasteiger partial charge in [0.15, 0.2) is 0 Å². The predicted octanol–water partition coefficient (Wildman–Crippen LogP) is 1.88. The van der Waals surface area contributed by atoms with Crippen LogP contribution in [0.15, 0.2) is 12.3 Å². The number of carbonyl (C=O) groups is 1. The molecule has 0 radical (unpaired) electrons. The molecule has 3 heteroatoms. The molecule has 0 amide bonds. The molecule has 1 aromatic rings. The van der Waals surface area contributed by atoms with Crippen molar-refractivity contribution in [3.63, 3.8) is 0 Å². The smallest absolute Gasteiger partial charge is 0.340 e. The topological polar surface area (TPSA) is 39.2 Å². The fourth-order valence-corrected chi connectivity index (χ4v) is 1.33. The van der Waals surface area contributed by atoms with Crippen molar-refractivity contribution < 1.29 is 9.53 Å². The van der Waals surface area contributed by atoms with Gasteiger partial charge < -0.3 is 4.74 Å². The number of aromatic nitrogens is 1. The zero-order chi connectivity index (χ0) is 9.42. The first-order valence-electron chi connectivity index (χ1n) is 4.34. The van der Waals surface area contributed by atoms with Gasteiger partial charge in [-0.1, -0.05) is 13.8 Å². The van der Waals surface area contributed by atoms with Gasteiger partial charge in [-0.15, -0.1) is 0 Å². The maximum Gasteiger partial charge on any atom is 0.340 e. The Morgan fingerprint density at radius 1 is 1.54 bits per heavy atom. The third-order valence-corrected chi connectivity index (χ3v) is 2.22. The number of pyridine rings is 1. The Bertz CT molecular complexity index is 358. The van der Waals surface area contributed by atoms with Gasteiger partial charge >= 0.3 is 5.97 Å². The number of esters is 1. The van der Waals surface area contributed by atoms with E-state index >= 15 is 0 Å². The maximum absolute atomic E-state index is 11.2. The van der Waals surface area contributed by atoms with E-state index < -0.39 is 0 Å².